The highest BCUT2D eigenvalue weighted by atomic mass is 16.1. The van der Waals surface area contributed by atoms with Crippen LogP contribution in [0.2, 0.25) is 0 Å². The SMILES string of the molecule is CCC1CC(C(C)=O)NN1. The molecule has 0 radical (unpaired) electrons. The second kappa shape index (κ2) is 3.12. The molecule has 1 rings (SSSR count). The second-order valence-electron chi connectivity index (χ2n) is 2.79. The Bertz CT molecular complexity index is 136. The average molecular weight is 142 g/mol. The minimum atomic E-state index is 0.0462. The molecule has 2 atom stereocenters. The second-order valence-corrected chi connectivity index (χ2v) is 2.79. The van der Waals surface area contributed by atoms with Gasteiger partial charge in [0.15, 0.2) is 0 Å². The Kier molecular flexibility index (Phi) is 2.40. The maximum Gasteiger partial charge on any atom is 0.148 e. The molecule has 3 heteroatoms. The molecule has 0 amide bonds. The predicted octanol–water partition coefficient (Wildman–Crippen LogP) is 0.221. The fraction of sp³-hybridized carbons (Fsp3) is 0.857. The van der Waals surface area contributed by atoms with E-state index in [9.17, 15) is 4.79 Å². The number of hydrogen-bond donors (Lipinski definition) is 2. The first-order chi connectivity index (χ1) is 4.74. The molecule has 0 aliphatic carbocycles. The monoisotopic (exact) mass is 142 g/mol. The predicted molar refractivity (Wildman–Crippen MR) is 39.4 cm³/mol. The Labute approximate surface area is 61.2 Å². The molecule has 0 saturated carbocycles. The average Bonchev–Trinajstić information content (AvgIpc) is 2.34. The molecule has 0 aromatic carbocycles. The summed E-state index contributed by atoms with van der Waals surface area (Å²) in [6, 6.07) is 0.527. The lowest BCUT2D eigenvalue weighted by molar-refractivity contribution is -0.118. The van der Waals surface area contributed by atoms with Gasteiger partial charge in [-0.25, -0.2) is 5.43 Å². The van der Waals surface area contributed by atoms with Crippen molar-refractivity contribution in [3.8, 4) is 0 Å². The summed E-state index contributed by atoms with van der Waals surface area (Å²) in [5, 5.41) is 0. The van der Waals surface area contributed by atoms with E-state index in [1.807, 2.05) is 0 Å². The molecule has 10 heavy (non-hydrogen) atoms. The fourth-order valence-electron chi connectivity index (χ4n) is 1.16. The molecule has 1 aliphatic heterocycles. The third-order valence-corrected chi connectivity index (χ3v) is 1.97. The summed E-state index contributed by atoms with van der Waals surface area (Å²) >= 11 is 0. The van der Waals surface area contributed by atoms with E-state index in [4.69, 9.17) is 0 Å². The zero-order valence-corrected chi connectivity index (χ0v) is 6.48. The van der Waals surface area contributed by atoms with Crippen LogP contribution < -0.4 is 10.9 Å². The number of hydrazine groups is 1. The van der Waals surface area contributed by atoms with E-state index in [0.717, 1.165) is 12.8 Å². The van der Waals surface area contributed by atoms with Gasteiger partial charge in [-0.15, -0.1) is 0 Å². The van der Waals surface area contributed by atoms with E-state index in [-0.39, 0.29) is 11.8 Å². The van der Waals surface area contributed by atoms with Crippen LogP contribution in [-0.4, -0.2) is 17.9 Å². The minimum absolute atomic E-state index is 0.0462. The molecule has 0 aromatic rings. The van der Waals surface area contributed by atoms with Crippen molar-refractivity contribution in [2.75, 3.05) is 0 Å². The van der Waals surface area contributed by atoms with E-state index >= 15 is 0 Å². The maximum absolute atomic E-state index is 10.8. The topological polar surface area (TPSA) is 41.1 Å². The van der Waals surface area contributed by atoms with Crippen LogP contribution in [0.5, 0.6) is 0 Å². The zero-order valence-electron chi connectivity index (χ0n) is 6.48. The van der Waals surface area contributed by atoms with E-state index in [1.54, 1.807) is 6.92 Å². The Morgan fingerprint density at radius 3 is 2.60 bits per heavy atom. The molecule has 2 unspecified atom stereocenters. The fourth-order valence-corrected chi connectivity index (χ4v) is 1.16. The van der Waals surface area contributed by atoms with Crippen molar-refractivity contribution in [1.82, 2.24) is 10.9 Å². The number of hydrogen-bond acceptors (Lipinski definition) is 3. The number of Topliss-reactive ketones (excluding diaryl/α,β-unsaturated/α-hetero) is 1. The van der Waals surface area contributed by atoms with Crippen LogP contribution >= 0.6 is 0 Å². The normalized spacial score (nSPS) is 32.6. The van der Waals surface area contributed by atoms with E-state index in [2.05, 4.69) is 17.8 Å². The van der Waals surface area contributed by atoms with Gasteiger partial charge in [0, 0.05) is 6.04 Å². The van der Waals surface area contributed by atoms with Crippen molar-refractivity contribution in [2.45, 2.75) is 38.8 Å². The summed E-state index contributed by atoms with van der Waals surface area (Å²) in [7, 11) is 0. The van der Waals surface area contributed by atoms with Gasteiger partial charge >= 0.3 is 0 Å². The van der Waals surface area contributed by atoms with Gasteiger partial charge in [0.25, 0.3) is 0 Å². The molecular weight excluding hydrogens is 128 g/mol. The lowest BCUT2D eigenvalue weighted by Crippen LogP contribution is -2.36. The molecule has 0 aromatic heterocycles. The molecule has 2 N–H and O–H groups in total. The number of rotatable bonds is 2. The van der Waals surface area contributed by atoms with Crippen LogP contribution in [0.1, 0.15) is 26.7 Å². The molecule has 1 heterocycles. The summed E-state index contributed by atoms with van der Waals surface area (Å²) in [5.41, 5.74) is 6.02. The van der Waals surface area contributed by atoms with Crippen molar-refractivity contribution in [3.05, 3.63) is 0 Å². The standard InChI is InChI=1S/C7H14N2O/c1-3-6-4-7(5(2)10)9-8-6/h6-9H,3-4H2,1-2H3. The van der Waals surface area contributed by atoms with E-state index < -0.39 is 0 Å². The number of carbonyl (C=O) groups is 1. The van der Waals surface area contributed by atoms with Crippen LogP contribution in [0.3, 0.4) is 0 Å². The smallest absolute Gasteiger partial charge is 0.148 e. The Hall–Kier alpha value is -0.410. The van der Waals surface area contributed by atoms with Crippen LogP contribution in [0.15, 0.2) is 0 Å². The van der Waals surface area contributed by atoms with Gasteiger partial charge in [-0.2, -0.15) is 0 Å². The quantitative estimate of drug-likeness (QED) is 0.579. The molecule has 3 nitrogen and oxygen atoms in total. The van der Waals surface area contributed by atoms with Gasteiger partial charge < -0.3 is 0 Å². The molecule has 1 saturated heterocycles. The molecule has 1 aliphatic rings. The largest absolute Gasteiger partial charge is 0.298 e. The van der Waals surface area contributed by atoms with E-state index in [0.29, 0.717) is 6.04 Å². The highest BCUT2D eigenvalue weighted by Crippen LogP contribution is 2.07. The Morgan fingerprint density at radius 2 is 2.30 bits per heavy atom. The van der Waals surface area contributed by atoms with E-state index in [1.165, 1.54) is 0 Å². The highest BCUT2D eigenvalue weighted by molar-refractivity contribution is 5.81. The van der Waals surface area contributed by atoms with Crippen LogP contribution in [0.4, 0.5) is 0 Å². The van der Waals surface area contributed by atoms with Crippen molar-refractivity contribution >= 4 is 5.78 Å². The van der Waals surface area contributed by atoms with Crippen molar-refractivity contribution in [2.24, 2.45) is 0 Å². The first-order valence-electron chi connectivity index (χ1n) is 3.75. The summed E-state index contributed by atoms with van der Waals surface area (Å²) < 4.78 is 0. The third kappa shape index (κ3) is 1.55. The molecule has 0 bridgehead atoms. The summed E-state index contributed by atoms with van der Waals surface area (Å²) in [6.07, 6.45) is 2.02. The van der Waals surface area contributed by atoms with Crippen molar-refractivity contribution < 1.29 is 4.79 Å². The third-order valence-electron chi connectivity index (χ3n) is 1.97. The highest BCUT2D eigenvalue weighted by Gasteiger charge is 2.24. The van der Waals surface area contributed by atoms with Crippen molar-refractivity contribution in [1.29, 1.82) is 0 Å². The minimum Gasteiger partial charge on any atom is -0.298 e. The van der Waals surface area contributed by atoms with Crippen LogP contribution in [0, 0.1) is 0 Å². The summed E-state index contributed by atoms with van der Waals surface area (Å²) in [5.74, 6) is 0.225. The van der Waals surface area contributed by atoms with Gasteiger partial charge in [0.1, 0.15) is 5.78 Å². The van der Waals surface area contributed by atoms with Gasteiger partial charge in [-0.3, -0.25) is 10.2 Å². The first-order valence-corrected chi connectivity index (χ1v) is 3.75. The Morgan fingerprint density at radius 1 is 1.60 bits per heavy atom. The van der Waals surface area contributed by atoms with Crippen molar-refractivity contribution in [3.63, 3.8) is 0 Å². The van der Waals surface area contributed by atoms with Gasteiger partial charge in [-0.05, 0) is 19.8 Å². The maximum atomic E-state index is 10.8. The van der Waals surface area contributed by atoms with Crippen LogP contribution in [-0.2, 0) is 4.79 Å². The van der Waals surface area contributed by atoms with Gasteiger partial charge in [0.05, 0.1) is 6.04 Å². The molecule has 58 valence electrons. The first kappa shape index (κ1) is 7.69. The number of nitrogens with one attached hydrogen (secondary N) is 2. The lowest BCUT2D eigenvalue weighted by Gasteiger charge is -2.01. The van der Waals surface area contributed by atoms with Gasteiger partial charge in [-0.1, -0.05) is 6.92 Å². The number of carbonyl (C=O) groups excluding carboxylic acids is 1. The lowest BCUT2D eigenvalue weighted by atomic mass is 10.1. The number of ketones is 1. The summed E-state index contributed by atoms with van der Waals surface area (Å²) in [4.78, 5) is 10.8. The van der Waals surface area contributed by atoms with Gasteiger partial charge in [0.2, 0.25) is 0 Å². The summed E-state index contributed by atoms with van der Waals surface area (Å²) in [6.45, 7) is 3.74. The molecular formula is C7H14N2O. The zero-order chi connectivity index (χ0) is 7.56. The Balaban J connectivity index is 2.35. The molecule has 0 spiro atoms. The van der Waals surface area contributed by atoms with Crippen LogP contribution in [0.25, 0.3) is 0 Å². The molecule has 1 fully saturated rings.